The van der Waals surface area contributed by atoms with Crippen molar-refractivity contribution in [3.05, 3.63) is 91.8 Å². The Hall–Kier alpha value is -3.33. The fourth-order valence-corrected chi connectivity index (χ4v) is 3.76. The molecule has 0 aliphatic rings. The van der Waals surface area contributed by atoms with Crippen LogP contribution in [0, 0.1) is 0 Å². The van der Waals surface area contributed by atoms with E-state index in [2.05, 4.69) is 4.98 Å². The van der Waals surface area contributed by atoms with Crippen molar-refractivity contribution in [1.29, 1.82) is 0 Å². The maximum absolute atomic E-state index is 13.2. The number of alkyl halides is 3. The quantitative estimate of drug-likeness (QED) is 0.443. The third-order valence-electron chi connectivity index (χ3n) is 5.07. The second-order valence-electron chi connectivity index (χ2n) is 7.61. The van der Waals surface area contributed by atoms with E-state index in [0.29, 0.717) is 16.3 Å². The van der Waals surface area contributed by atoms with Crippen LogP contribution in [0.5, 0.6) is 0 Å². The smallest absolute Gasteiger partial charge is 0.320 e. The lowest BCUT2D eigenvalue weighted by atomic mass is 10.1. The third-order valence-corrected chi connectivity index (χ3v) is 5.30. The van der Waals surface area contributed by atoms with Crippen LogP contribution in [0.1, 0.15) is 31.0 Å². The minimum atomic E-state index is -4.43. The van der Waals surface area contributed by atoms with Crippen LogP contribution in [0.25, 0.3) is 16.9 Å². The summed E-state index contributed by atoms with van der Waals surface area (Å²) in [6.45, 7) is 3.54. The molecule has 0 radical (unpaired) electrons. The van der Waals surface area contributed by atoms with Gasteiger partial charge in [-0.2, -0.15) is 13.2 Å². The fraction of sp³-hybridized carbons (Fsp3) is 0.227. The van der Waals surface area contributed by atoms with Gasteiger partial charge in [0.05, 0.1) is 17.6 Å². The summed E-state index contributed by atoms with van der Waals surface area (Å²) in [5.41, 5.74) is -0.532. The van der Waals surface area contributed by atoms with Gasteiger partial charge in [-0.1, -0.05) is 29.8 Å². The van der Waals surface area contributed by atoms with Gasteiger partial charge >= 0.3 is 11.9 Å². The molecule has 6 nitrogen and oxygen atoms in total. The molecule has 2 aromatic heterocycles. The molecular weight excluding hydrogens is 445 g/mol. The zero-order valence-corrected chi connectivity index (χ0v) is 17.9. The molecule has 0 amide bonds. The Morgan fingerprint density at radius 2 is 1.75 bits per heavy atom. The van der Waals surface area contributed by atoms with Crippen molar-refractivity contribution in [1.82, 2.24) is 18.7 Å². The van der Waals surface area contributed by atoms with Gasteiger partial charge in [0.2, 0.25) is 0 Å². The largest absolute Gasteiger partial charge is 0.416 e. The Morgan fingerprint density at radius 3 is 2.34 bits per heavy atom. The lowest BCUT2D eigenvalue weighted by Crippen LogP contribution is -2.41. The van der Waals surface area contributed by atoms with Crippen molar-refractivity contribution in [2.75, 3.05) is 0 Å². The Labute approximate surface area is 185 Å². The van der Waals surface area contributed by atoms with E-state index in [0.717, 1.165) is 16.7 Å². The molecule has 0 fully saturated rings. The lowest BCUT2D eigenvalue weighted by Gasteiger charge is -2.15. The zero-order chi connectivity index (χ0) is 23.2. The monoisotopic (exact) mass is 462 g/mol. The summed E-state index contributed by atoms with van der Waals surface area (Å²) in [5.74, 6) is 0. The number of nitrogens with zero attached hydrogens (tertiary/aromatic N) is 4. The molecule has 2 aromatic carbocycles. The molecule has 166 valence electrons. The van der Waals surface area contributed by atoms with Crippen LogP contribution in [-0.4, -0.2) is 18.7 Å². The molecule has 4 aromatic rings. The Balaban J connectivity index is 1.91. The van der Waals surface area contributed by atoms with E-state index in [1.807, 2.05) is 0 Å². The Morgan fingerprint density at radius 1 is 1.06 bits per heavy atom. The van der Waals surface area contributed by atoms with Crippen molar-refractivity contribution in [2.24, 2.45) is 0 Å². The first kappa shape index (κ1) is 21.9. The van der Waals surface area contributed by atoms with Crippen molar-refractivity contribution >= 4 is 22.8 Å². The van der Waals surface area contributed by atoms with Crippen molar-refractivity contribution in [3.63, 3.8) is 0 Å². The van der Waals surface area contributed by atoms with Crippen molar-refractivity contribution in [3.8, 4) is 5.69 Å². The highest BCUT2D eigenvalue weighted by molar-refractivity contribution is 6.30. The van der Waals surface area contributed by atoms with Crippen LogP contribution in [-0.2, 0) is 12.7 Å². The summed E-state index contributed by atoms with van der Waals surface area (Å²) in [7, 11) is 0. The molecule has 0 unspecified atom stereocenters. The standard InChI is InChI=1S/C22H18ClF3N4O2/c1-13(2)29-20(31)18-19(30(21(29)32)17-5-3-4-16(23)10-17)27-12-28(18)11-14-6-8-15(9-7-14)22(24,25)26/h3-10,12-13H,11H2,1-2H3. The SMILES string of the molecule is CC(C)n1c(=O)c2c(ncn2Cc2ccc(C(F)(F)F)cc2)n(-c2cccc(Cl)c2)c1=O. The van der Waals surface area contributed by atoms with Crippen LogP contribution in [0.2, 0.25) is 5.02 Å². The van der Waals surface area contributed by atoms with Gasteiger partial charge in [0.25, 0.3) is 5.56 Å². The molecule has 0 saturated carbocycles. The molecule has 0 atom stereocenters. The van der Waals surface area contributed by atoms with E-state index in [1.165, 1.54) is 27.6 Å². The maximum atomic E-state index is 13.2. The zero-order valence-electron chi connectivity index (χ0n) is 17.1. The summed E-state index contributed by atoms with van der Waals surface area (Å²) >= 11 is 6.10. The number of benzene rings is 2. The highest BCUT2D eigenvalue weighted by atomic mass is 35.5. The van der Waals surface area contributed by atoms with Gasteiger partial charge in [0.15, 0.2) is 11.2 Å². The number of aromatic nitrogens is 4. The average Bonchev–Trinajstić information content (AvgIpc) is 3.11. The number of halogens is 4. The van der Waals surface area contributed by atoms with Gasteiger partial charge in [0.1, 0.15) is 0 Å². The van der Waals surface area contributed by atoms with E-state index in [9.17, 15) is 22.8 Å². The molecule has 2 heterocycles. The predicted octanol–water partition coefficient (Wildman–Crippen LogP) is 4.65. The Kier molecular flexibility index (Phi) is 5.46. The number of hydrogen-bond donors (Lipinski definition) is 0. The molecule has 0 aliphatic carbocycles. The van der Waals surface area contributed by atoms with E-state index in [1.54, 1.807) is 38.1 Å². The minimum Gasteiger partial charge on any atom is -0.320 e. The number of fused-ring (bicyclic) bond motifs is 1. The van der Waals surface area contributed by atoms with Crippen LogP contribution < -0.4 is 11.2 Å². The van der Waals surface area contributed by atoms with E-state index in [-0.39, 0.29) is 17.7 Å². The second kappa shape index (κ2) is 7.98. The number of imidazole rings is 1. The molecular formula is C22H18ClF3N4O2. The first-order valence-corrected chi connectivity index (χ1v) is 10.1. The van der Waals surface area contributed by atoms with E-state index >= 15 is 0 Å². The van der Waals surface area contributed by atoms with Crippen LogP contribution >= 0.6 is 11.6 Å². The van der Waals surface area contributed by atoms with E-state index in [4.69, 9.17) is 11.6 Å². The summed E-state index contributed by atoms with van der Waals surface area (Å²) < 4.78 is 42.5. The highest BCUT2D eigenvalue weighted by Crippen LogP contribution is 2.29. The first-order valence-electron chi connectivity index (χ1n) is 9.72. The topological polar surface area (TPSA) is 61.8 Å². The van der Waals surface area contributed by atoms with Gasteiger partial charge in [-0.25, -0.2) is 14.3 Å². The van der Waals surface area contributed by atoms with Crippen LogP contribution in [0.3, 0.4) is 0 Å². The molecule has 0 saturated heterocycles. The molecule has 0 spiro atoms. The summed E-state index contributed by atoms with van der Waals surface area (Å²) in [5, 5.41) is 0.411. The van der Waals surface area contributed by atoms with Crippen LogP contribution in [0.15, 0.2) is 64.4 Å². The average molecular weight is 463 g/mol. The van der Waals surface area contributed by atoms with Crippen molar-refractivity contribution in [2.45, 2.75) is 32.6 Å². The molecule has 0 bridgehead atoms. The van der Waals surface area contributed by atoms with Gasteiger partial charge in [-0.15, -0.1) is 0 Å². The summed E-state index contributed by atoms with van der Waals surface area (Å²) in [4.78, 5) is 30.7. The van der Waals surface area contributed by atoms with Gasteiger partial charge in [0, 0.05) is 17.6 Å². The van der Waals surface area contributed by atoms with Crippen LogP contribution in [0.4, 0.5) is 13.2 Å². The van der Waals surface area contributed by atoms with Gasteiger partial charge < -0.3 is 4.57 Å². The molecule has 32 heavy (non-hydrogen) atoms. The molecule has 10 heteroatoms. The molecule has 0 N–H and O–H groups in total. The maximum Gasteiger partial charge on any atom is 0.416 e. The molecule has 0 aliphatic heterocycles. The summed E-state index contributed by atoms with van der Waals surface area (Å²) in [6, 6.07) is 10.9. The predicted molar refractivity (Wildman–Crippen MR) is 116 cm³/mol. The number of hydrogen-bond acceptors (Lipinski definition) is 3. The summed E-state index contributed by atoms with van der Waals surface area (Å²) in [6.07, 6.45) is -3.03. The normalized spacial score (nSPS) is 12.1. The fourth-order valence-electron chi connectivity index (χ4n) is 3.57. The lowest BCUT2D eigenvalue weighted by molar-refractivity contribution is -0.137. The van der Waals surface area contributed by atoms with Gasteiger partial charge in [-0.3, -0.25) is 9.36 Å². The molecule has 4 rings (SSSR count). The van der Waals surface area contributed by atoms with E-state index < -0.39 is 29.0 Å². The Bertz CT molecular complexity index is 1420. The number of rotatable bonds is 4. The second-order valence-corrected chi connectivity index (χ2v) is 8.04. The third kappa shape index (κ3) is 3.84. The minimum absolute atomic E-state index is 0.107. The first-order chi connectivity index (χ1) is 15.1. The highest BCUT2D eigenvalue weighted by Gasteiger charge is 2.30. The van der Waals surface area contributed by atoms with Crippen molar-refractivity contribution < 1.29 is 13.2 Å². The van der Waals surface area contributed by atoms with Gasteiger partial charge in [-0.05, 0) is 49.7 Å².